The van der Waals surface area contributed by atoms with Crippen molar-refractivity contribution < 1.29 is 66.0 Å². The molecule has 0 radical (unpaired) electrons. The number of aromatic nitrogens is 4. The van der Waals surface area contributed by atoms with E-state index in [0.29, 0.717) is 0 Å². The van der Waals surface area contributed by atoms with E-state index in [2.05, 4.69) is 38.6 Å². The number of imidazole rings is 1. The molecule has 0 aromatic carbocycles. The summed E-state index contributed by atoms with van der Waals surface area (Å²) in [5, 5.41) is 18.2. The Morgan fingerprint density at radius 2 is 1.62 bits per heavy atom. The summed E-state index contributed by atoms with van der Waals surface area (Å²) in [7, 11) is -3.70. The summed E-state index contributed by atoms with van der Waals surface area (Å²) in [6, 6.07) is 0. The molecular weight excluding hydrogens is 596 g/mol. The van der Waals surface area contributed by atoms with Gasteiger partial charge in [0.15, 0.2) is 11.2 Å². The summed E-state index contributed by atoms with van der Waals surface area (Å²) in [6.45, 7) is 4.03. The zero-order valence-electron chi connectivity index (χ0n) is 23.7. The Kier molecular flexibility index (Phi) is 14.7. The van der Waals surface area contributed by atoms with Gasteiger partial charge in [0.2, 0.25) is 19.5 Å². The SMILES string of the molecule is CO[C@](F)(COP(=O)(OCOC(=O)OC(C)C)OCOC(=O)OC(C)C)[C@H](C)O.Nc1nc2c(ncn2CO)c(=O)[nH]1. The van der Waals surface area contributed by atoms with Gasteiger partial charge in [-0.15, -0.1) is 0 Å². The Balaban J connectivity index is 0.000000554. The van der Waals surface area contributed by atoms with E-state index in [1.807, 2.05) is 0 Å². The number of H-pyrrole nitrogens is 1. The molecule has 0 bridgehead atoms. The molecule has 2 rings (SSSR count). The maximum atomic E-state index is 14.3. The number of nitrogens with two attached hydrogens (primary N) is 1. The first-order valence-electron chi connectivity index (χ1n) is 12.0. The minimum absolute atomic E-state index is 0.00713. The van der Waals surface area contributed by atoms with Gasteiger partial charge in [-0.3, -0.25) is 18.9 Å². The molecule has 0 aliphatic heterocycles. The molecular formula is C21H35FN5O14P. The van der Waals surface area contributed by atoms with Crippen molar-refractivity contribution >= 4 is 37.2 Å². The maximum absolute atomic E-state index is 14.3. The lowest BCUT2D eigenvalue weighted by molar-refractivity contribution is -0.205. The van der Waals surface area contributed by atoms with Crippen molar-refractivity contribution in [3.63, 3.8) is 0 Å². The Morgan fingerprint density at radius 3 is 2.05 bits per heavy atom. The van der Waals surface area contributed by atoms with Gasteiger partial charge in [0.1, 0.15) is 19.4 Å². The second-order valence-electron chi connectivity index (χ2n) is 8.48. The lowest BCUT2D eigenvalue weighted by Crippen LogP contribution is -2.42. The van der Waals surface area contributed by atoms with Crippen molar-refractivity contribution in [1.82, 2.24) is 19.5 Å². The summed E-state index contributed by atoms with van der Waals surface area (Å²) in [5.74, 6) is -2.75. The standard InChI is InChI=1S/C15H28FO12P.C6H7N5O2/c1-10(2)27-13(18)22-8-25-29(20,24-7-15(16,21-6)12(5)17)26-9-23-14(19)28-11(3)4;7-6-9-4-3(5(13)10-6)8-1-11(4)2-12/h10-12,17H,7-9H2,1-6H3;1,12H,2H2,(H3,7,9,10,13)/t12-,15+;/m0./s1. The molecule has 0 spiro atoms. The lowest BCUT2D eigenvalue weighted by Gasteiger charge is -2.27. The highest BCUT2D eigenvalue weighted by Crippen LogP contribution is 2.50. The molecule has 2 heterocycles. The molecule has 5 N–H and O–H groups in total. The number of hydrogen-bond donors (Lipinski definition) is 4. The first-order chi connectivity index (χ1) is 19.6. The summed E-state index contributed by atoms with van der Waals surface area (Å²) in [6.07, 6.45) is -3.58. The van der Waals surface area contributed by atoms with Crippen LogP contribution >= 0.6 is 7.82 Å². The fourth-order valence-corrected chi connectivity index (χ4v) is 3.36. The predicted octanol–water partition coefficient (Wildman–Crippen LogP) is 1.53. The third kappa shape index (κ3) is 12.2. The zero-order valence-corrected chi connectivity index (χ0v) is 24.6. The molecule has 2 aromatic heterocycles. The molecule has 19 nitrogen and oxygen atoms in total. The highest BCUT2D eigenvalue weighted by Gasteiger charge is 2.40. The zero-order chi connectivity index (χ0) is 32.1. The smallest absolute Gasteiger partial charge is 0.432 e. The van der Waals surface area contributed by atoms with Crippen LogP contribution in [0.2, 0.25) is 0 Å². The molecule has 21 heteroatoms. The third-order valence-electron chi connectivity index (χ3n) is 4.47. The Morgan fingerprint density at radius 1 is 1.10 bits per heavy atom. The van der Waals surface area contributed by atoms with Gasteiger partial charge in [0, 0.05) is 7.11 Å². The second kappa shape index (κ2) is 16.9. The maximum Gasteiger partial charge on any atom is 0.510 e. The average Bonchev–Trinajstić information content (AvgIpc) is 3.30. The number of methoxy groups -OCH3 is 1. The molecule has 0 saturated carbocycles. The molecule has 240 valence electrons. The van der Waals surface area contributed by atoms with Gasteiger partial charge in [-0.05, 0) is 34.6 Å². The number of aliphatic hydroxyl groups excluding tert-OH is 2. The Hall–Kier alpha value is -3.39. The number of alkyl halides is 1. The van der Waals surface area contributed by atoms with Crippen LogP contribution in [-0.4, -0.2) is 93.5 Å². The molecule has 0 amide bonds. The minimum atomic E-state index is -4.65. The van der Waals surface area contributed by atoms with Crippen molar-refractivity contribution in [2.45, 2.75) is 65.5 Å². The van der Waals surface area contributed by atoms with Gasteiger partial charge in [-0.1, -0.05) is 0 Å². The summed E-state index contributed by atoms with van der Waals surface area (Å²) < 4.78 is 65.2. The highest BCUT2D eigenvalue weighted by molar-refractivity contribution is 7.48. The number of nitrogen functional groups attached to an aromatic ring is 1. The number of ether oxygens (including phenoxy) is 5. The molecule has 0 aliphatic carbocycles. The van der Waals surface area contributed by atoms with Gasteiger partial charge >= 0.3 is 20.1 Å². The number of aromatic amines is 1. The fraction of sp³-hybridized carbons (Fsp3) is 0.667. The van der Waals surface area contributed by atoms with Crippen LogP contribution in [-0.2, 0) is 48.6 Å². The second-order valence-corrected chi connectivity index (χ2v) is 10.2. The van der Waals surface area contributed by atoms with Gasteiger partial charge in [-0.2, -0.15) is 4.98 Å². The Labute approximate surface area is 238 Å². The monoisotopic (exact) mass is 631 g/mol. The Bertz CT molecular complexity index is 1220. The van der Waals surface area contributed by atoms with Crippen LogP contribution in [0.3, 0.4) is 0 Å². The highest BCUT2D eigenvalue weighted by atomic mass is 31.2. The number of halogens is 1. The molecule has 0 aliphatic rings. The number of nitrogens with zero attached hydrogens (tertiary/aromatic N) is 3. The van der Waals surface area contributed by atoms with Gasteiger partial charge in [-0.25, -0.2) is 32.6 Å². The molecule has 2 atom stereocenters. The molecule has 0 saturated heterocycles. The van der Waals surface area contributed by atoms with Crippen molar-refractivity contribution in [2.24, 2.45) is 0 Å². The predicted molar refractivity (Wildman–Crippen MR) is 138 cm³/mol. The van der Waals surface area contributed by atoms with Crippen LogP contribution in [0.25, 0.3) is 11.2 Å². The molecule has 0 fully saturated rings. The van der Waals surface area contributed by atoms with E-state index in [1.165, 1.54) is 10.9 Å². The largest absolute Gasteiger partial charge is 0.510 e. The number of carbonyl (C=O) groups excluding carboxylic acids is 2. The van der Waals surface area contributed by atoms with Crippen LogP contribution in [0.15, 0.2) is 11.1 Å². The van der Waals surface area contributed by atoms with E-state index >= 15 is 0 Å². The van der Waals surface area contributed by atoms with Crippen LogP contribution in [0.5, 0.6) is 0 Å². The van der Waals surface area contributed by atoms with Crippen LogP contribution in [0.1, 0.15) is 34.6 Å². The van der Waals surface area contributed by atoms with Crippen LogP contribution in [0, 0.1) is 0 Å². The van der Waals surface area contributed by atoms with E-state index in [0.717, 1.165) is 14.0 Å². The summed E-state index contributed by atoms with van der Waals surface area (Å²) in [5.41, 5.74) is 5.36. The van der Waals surface area contributed by atoms with E-state index in [4.69, 9.17) is 24.4 Å². The number of phosphoric ester groups is 1. The lowest BCUT2D eigenvalue weighted by atomic mass is 10.2. The number of fused-ring (bicyclic) bond motifs is 1. The quantitative estimate of drug-likeness (QED) is 0.131. The normalized spacial score (nSPS) is 13.7. The number of phosphoric acid groups is 1. The third-order valence-corrected chi connectivity index (χ3v) is 5.76. The van der Waals surface area contributed by atoms with Gasteiger partial charge in [0.25, 0.3) is 11.4 Å². The average molecular weight is 632 g/mol. The summed E-state index contributed by atoms with van der Waals surface area (Å²) >= 11 is 0. The van der Waals surface area contributed by atoms with Gasteiger partial charge in [0.05, 0.1) is 18.5 Å². The van der Waals surface area contributed by atoms with E-state index < -0.39 is 70.1 Å². The van der Waals surface area contributed by atoms with Crippen molar-refractivity contribution in [1.29, 1.82) is 0 Å². The van der Waals surface area contributed by atoms with Crippen LogP contribution < -0.4 is 11.3 Å². The number of rotatable bonds is 14. The number of carbonyl (C=O) groups is 2. The van der Waals surface area contributed by atoms with E-state index in [1.54, 1.807) is 27.7 Å². The van der Waals surface area contributed by atoms with Crippen molar-refractivity contribution in [3.05, 3.63) is 16.7 Å². The topological polar surface area (TPSA) is 255 Å². The first kappa shape index (κ1) is 36.6. The molecule has 42 heavy (non-hydrogen) atoms. The van der Waals surface area contributed by atoms with Crippen molar-refractivity contribution in [2.75, 3.05) is 33.0 Å². The number of anilines is 1. The molecule has 0 unspecified atom stereocenters. The molecule has 2 aromatic rings. The number of aliphatic hydroxyl groups is 2. The fourth-order valence-electron chi connectivity index (χ4n) is 2.43. The summed E-state index contributed by atoms with van der Waals surface area (Å²) in [4.78, 5) is 43.7. The number of hydrogen-bond acceptors (Lipinski definition) is 17. The number of nitrogens with one attached hydrogen (secondary N) is 1. The van der Waals surface area contributed by atoms with E-state index in [-0.39, 0.29) is 23.8 Å². The van der Waals surface area contributed by atoms with E-state index in [9.17, 15) is 28.4 Å². The van der Waals surface area contributed by atoms with Gasteiger partial charge < -0.3 is 39.6 Å². The first-order valence-corrected chi connectivity index (χ1v) is 13.5. The minimum Gasteiger partial charge on any atom is -0.432 e. The van der Waals surface area contributed by atoms with Crippen molar-refractivity contribution in [3.8, 4) is 0 Å². The van der Waals surface area contributed by atoms with Crippen LogP contribution in [0.4, 0.5) is 19.9 Å².